The van der Waals surface area contributed by atoms with E-state index in [1.807, 2.05) is 6.92 Å². The molecule has 0 unspecified atom stereocenters. The van der Waals surface area contributed by atoms with E-state index in [-0.39, 0.29) is 18.1 Å². The fraction of sp³-hybridized carbons (Fsp3) is 0.923. The van der Waals surface area contributed by atoms with Crippen LogP contribution in [0.5, 0.6) is 0 Å². The van der Waals surface area contributed by atoms with E-state index in [1.165, 1.54) is 0 Å². The molecule has 0 aromatic rings. The molecule has 0 aromatic carbocycles. The molecule has 100 valence electrons. The highest BCUT2D eigenvalue weighted by molar-refractivity contribution is 5.75. The highest BCUT2D eigenvalue weighted by Crippen LogP contribution is 2.31. The summed E-state index contributed by atoms with van der Waals surface area (Å²) >= 11 is 0. The first-order valence-corrected chi connectivity index (χ1v) is 6.74. The number of nitrogens with one attached hydrogen (secondary N) is 2. The molecule has 4 nitrogen and oxygen atoms in total. The van der Waals surface area contributed by atoms with E-state index in [4.69, 9.17) is 0 Å². The van der Waals surface area contributed by atoms with Crippen LogP contribution in [-0.4, -0.2) is 36.2 Å². The van der Waals surface area contributed by atoms with Crippen LogP contribution in [0.1, 0.15) is 46.0 Å². The van der Waals surface area contributed by atoms with Gasteiger partial charge in [-0.2, -0.15) is 0 Å². The van der Waals surface area contributed by atoms with Gasteiger partial charge in [-0.3, -0.25) is 4.79 Å². The van der Waals surface area contributed by atoms with E-state index in [0.29, 0.717) is 19.5 Å². The van der Waals surface area contributed by atoms with Gasteiger partial charge in [-0.05, 0) is 38.5 Å². The zero-order valence-corrected chi connectivity index (χ0v) is 11.1. The second-order valence-corrected chi connectivity index (χ2v) is 5.25. The van der Waals surface area contributed by atoms with Crippen molar-refractivity contribution in [1.29, 1.82) is 0 Å². The lowest BCUT2D eigenvalue weighted by Crippen LogP contribution is -2.51. The first kappa shape index (κ1) is 14.5. The smallest absolute Gasteiger partial charge is 0.221 e. The summed E-state index contributed by atoms with van der Waals surface area (Å²) in [6, 6.07) is 0. The number of hydrogen-bond donors (Lipinski definition) is 3. The van der Waals surface area contributed by atoms with Crippen molar-refractivity contribution in [3.05, 3.63) is 0 Å². The van der Waals surface area contributed by atoms with Gasteiger partial charge < -0.3 is 15.7 Å². The number of amides is 1. The van der Waals surface area contributed by atoms with Crippen LogP contribution in [0.3, 0.4) is 0 Å². The molecule has 0 spiro atoms. The van der Waals surface area contributed by atoms with E-state index >= 15 is 0 Å². The first-order chi connectivity index (χ1) is 8.12. The van der Waals surface area contributed by atoms with Crippen LogP contribution in [0.25, 0.3) is 0 Å². The zero-order valence-electron chi connectivity index (χ0n) is 11.1. The van der Waals surface area contributed by atoms with Crippen molar-refractivity contribution >= 4 is 5.91 Å². The molecule has 1 aliphatic carbocycles. The second kappa shape index (κ2) is 6.97. The Kier molecular flexibility index (Phi) is 5.92. The van der Waals surface area contributed by atoms with E-state index in [2.05, 4.69) is 17.6 Å². The molecule has 0 aliphatic heterocycles. The molecule has 0 aromatic heterocycles. The number of hydrogen-bond acceptors (Lipinski definition) is 3. The van der Waals surface area contributed by atoms with Crippen molar-refractivity contribution < 1.29 is 9.90 Å². The third-order valence-electron chi connectivity index (χ3n) is 3.76. The Morgan fingerprint density at radius 2 is 2.06 bits per heavy atom. The van der Waals surface area contributed by atoms with Crippen molar-refractivity contribution in [2.24, 2.45) is 5.92 Å². The molecular formula is C13H26N2O2. The molecule has 1 fully saturated rings. The van der Waals surface area contributed by atoms with Gasteiger partial charge in [0.1, 0.15) is 0 Å². The molecule has 0 heterocycles. The molecule has 17 heavy (non-hydrogen) atoms. The Balaban J connectivity index is 2.29. The largest absolute Gasteiger partial charge is 0.394 e. The average Bonchev–Trinajstić information content (AvgIpc) is 2.32. The van der Waals surface area contributed by atoms with E-state index in [1.54, 1.807) is 0 Å². The van der Waals surface area contributed by atoms with Crippen molar-refractivity contribution in [2.45, 2.75) is 51.5 Å². The van der Waals surface area contributed by atoms with Gasteiger partial charge in [-0.15, -0.1) is 0 Å². The van der Waals surface area contributed by atoms with Crippen LogP contribution in [-0.2, 0) is 4.79 Å². The van der Waals surface area contributed by atoms with Crippen molar-refractivity contribution in [3.63, 3.8) is 0 Å². The van der Waals surface area contributed by atoms with Crippen molar-refractivity contribution in [2.75, 3.05) is 19.7 Å². The molecule has 0 saturated heterocycles. The Morgan fingerprint density at radius 3 is 2.59 bits per heavy atom. The van der Waals surface area contributed by atoms with Gasteiger partial charge in [0, 0.05) is 25.0 Å². The first-order valence-electron chi connectivity index (χ1n) is 6.74. The number of rotatable bonds is 6. The summed E-state index contributed by atoms with van der Waals surface area (Å²) in [5.41, 5.74) is -0.140. The normalized spacial score (nSPS) is 29.0. The molecule has 4 heteroatoms. The predicted octanol–water partition coefficient (Wildman–Crippen LogP) is 1.04. The lowest BCUT2D eigenvalue weighted by atomic mass is 9.77. The van der Waals surface area contributed by atoms with Crippen LogP contribution in [0, 0.1) is 5.92 Å². The third kappa shape index (κ3) is 4.64. The Morgan fingerprint density at radius 1 is 1.41 bits per heavy atom. The fourth-order valence-electron chi connectivity index (χ4n) is 2.43. The maximum absolute atomic E-state index is 11.3. The molecule has 3 N–H and O–H groups in total. The minimum atomic E-state index is -0.140. The summed E-state index contributed by atoms with van der Waals surface area (Å²) in [7, 11) is 0. The maximum Gasteiger partial charge on any atom is 0.221 e. The summed E-state index contributed by atoms with van der Waals surface area (Å²) in [6.07, 6.45) is 4.84. The van der Waals surface area contributed by atoms with Gasteiger partial charge >= 0.3 is 0 Å². The SMILES string of the molecule is CCNC(=O)CCNC1(CO)CCC(C)CC1. The maximum atomic E-state index is 11.3. The van der Waals surface area contributed by atoms with Gasteiger partial charge in [0.05, 0.1) is 6.61 Å². The van der Waals surface area contributed by atoms with Crippen LogP contribution in [0.4, 0.5) is 0 Å². The van der Waals surface area contributed by atoms with Crippen LogP contribution in [0.2, 0.25) is 0 Å². The molecular weight excluding hydrogens is 216 g/mol. The van der Waals surface area contributed by atoms with Crippen LogP contribution in [0.15, 0.2) is 0 Å². The lowest BCUT2D eigenvalue weighted by Gasteiger charge is -2.39. The number of carbonyl (C=O) groups excluding carboxylic acids is 1. The summed E-state index contributed by atoms with van der Waals surface area (Å²) in [5.74, 6) is 0.845. The van der Waals surface area contributed by atoms with E-state index < -0.39 is 0 Å². The number of aliphatic hydroxyl groups is 1. The van der Waals surface area contributed by atoms with Crippen LogP contribution >= 0.6 is 0 Å². The summed E-state index contributed by atoms with van der Waals surface area (Å²) in [4.78, 5) is 11.3. The zero-order chi connectivity index (χ0) is 12.7. The minimum Gasteiger partial charge on any atom is -0.394 e. The molecule has 1 amide bonds. The number of aliphatic hydroxyl groups excluding tert-OH is 1. The minimum absolute atomic E-state index is 0.0808. The van der Waals surface area contributed by atoms with Gasteiger partial charge in [0.15, 0.2) is 0 Å². The van der Waals surface area contributed by atoms with Gasteiger partial charge in [-0.1, -0.05) is 6.92 Å². The molecule has 0 atom stereocenters. The monoisotopic (exact) mass is 242 g/mol. The van der Waals surface area contributed by atoms with Crippen molar-refractivity contribution in [3.8, 4) is 0 Å². The number of carbonyl (C=O) groups is 1. The second-order valence-electron chi connectivity index (χ2n) is 5.25. The quantitative estimate of drug-likeness (QED) is 0.652. The molecule has 1 saturated carbocycles. The lowest BCUT2D eigenvalue weighted by molar-refractivity contribution is -0.121. The summed E-state index contributed by atoms with van der Waals surface area (Å²) < 4.78 is 0. The summed E-state index contributed by atoms with van der Waals surface area (Å²) in [6.45, 7) is 5.69. The fourth-order valence-corrected chi connectivity index (χ4v) is 2.43. The summed E-state index contributed by atoms with van der Waals surface area (Å²) in [5, 5.41) is 15.7. The highest BCUT2D eigenvalue weighted by atomic mass is 16.3. The molecule has 0 radical (unpaired) electrons. The van der Waals surface area contributed by atoms with Crippen molar-refractivity contribution in [1.82, 2.24) is 10.6 Å². The standard InChI is InChI=1S/C13H26N2O2/c1-3-14-12(17)6-9-15-13(10-16)7-4-11(2)5-8-13/h11,15-16H,3-10H2,1-2H3,(H,14,17). The third-order valence-corrected chi connectivity index (χ3v) is 3.76. The highest BCUT2D eigenvalue weighted by Gasteiger charge is 2.32. The predicted molar refractivity (Wildman–Crippen MR) is 68.8 cm³/mol. The Labute approximate surface area is 104 Å². The van der Waals surface area contributed by atoms with Crippen LogP contribution < -0.4 is 10.6 Å². The van der Waals surface area contributed by atoms with Gasteiger partial charge in [-0.25, -0.2) is 0 Å². The topological polar surface area (TPSA) is 61.4 Å². The Hall–Kier alpha value is -0.610. The molecule has 0 bridgehead atoms. The van der Waals surface area contributed by atoms with E-state index in [0.717, 1.165) is 31.6 Å². The molecule has 1 rings (SSSR count). The molecule has 1 aliphatic rings. The Bertz CT molecular complexity index is 236. The van der Waals surface area contributed by atoms with Gasteiger partial charge in [0.25, 0.3) is 0 Å². The van der Waals surface area contributed by atoms with E-state index in [9.17, 15) is 9.90 Å². The van der Waals surface area contributed by atoms with Gasteiger partial charge in [0.2, 0.25) is 5.91 Å². The average molecular weight is 242 g/mol.